The summed E-state index contributed by atoms with van der Waals surface area (Å²) in [6.45, 7) is 0.664. The Bertz CT molecular complexity index is 810. The van der Waals surface area contributed by atoms with Crippen LogP contribution in [0.3, 0.4) is 0 Å². The summed E-state index contributed by atoms with van der Waals surface area (Å²) in [4.78, 5) is 28.3. The minimum absolute atomic E-state index is 0.00530. The zero-order valence-electron chi connectivity index (χ0n) is 14.0. The highest BCUT2D eigenvalue weighted by atomic mass is 19.4. The Kier molecular flexibility index (Phi) is 5.29. The van der Waals surface area contributed by atoms with Crippen LogP contribution in [0.1, 0.15) is 18.4 Å². The number of ketones is 1. The van der Waals surface area contributed by atoms with Gasteiger partial charge in [0.2, 0.25) is 5.88 Å². The summed E-state index contributed by atoms with van der Waals surface area (Å²) >= 11 is 0. The van der Waals surface area contributed by atoms with Gasteiger partial charge in [-0.25, -0.2) is 9.78 Å². The molecule has 0 saturated carbocycles. The summed E-state index contributed by atoms with van der Waals surface area (Å²) in [5.41, 5.74) is -0.864. The maximum absolute atomic E-state index is 12.5. The number of likely N-dealkylation sites (tertiary alicyclic amines) is 1. The van der Waals surface area contributed by atoms with Crippen molar-refractivity contribution in [3.63, 3.8) is 0 Å². The van der Waals surface area contributed by atoms with Crippen LogP contribution in [0.4, 0.5) is 18.0 Å². The van der Waals surface area contributed by atoms with E-state index in [9.17, 15) is 22.8 Å². The van der Waals surface area contributed by atoms with Gasteiger partial charge in [-0.3, -0.25) is 4.79 Å². The summed E-state index contributed by atoms with van der Waals surface area (Å²) < 4.78 is 48.1. The number of nitrogens with zero attached hydrogens (tertiary/aromatic N) is 2. The lowest BCUT2D eigenvalue weighted by Gasteiger charge is -2.25. The summed E-state index contributed by atoms with van der Waals surface area (Å²) in [6, 6.07) is 7.98. The van der Waals surface area contributed by atoms with Gasteiger partial charge < -0.3 is 14.4 Å². The van der Waals surface area contributed by atoms with E-state index in [-0.39, 0.29) is 17.4 Å². The van der Waals surface area contributed by atoms with Crippen LogP contribution in [-0.2, 0) is 11.0 Å². The van der Waals surface area contributed by atoms with Gasteiger partial charge in [0.05, 0.1) is 5.56 Å². The molecular weight excluding hydrogens is 365 g/mol. The van der Waals surface area contributed by atoms with Crippen LogP contribution in [0.25, 0.3) is 0 Å². The predicted octanol–water partition coefficient (Wildman–Crippen LogP) is 4.06. The van der Waals surface area contributed by atoms with Gasteiger partial charge in [0.25, 0.3) is 0 Å². The van der Waals surface area contributed by atoms with Gasteiger partial charge >= 0.3 is 12.3 Å². The first-order valence-corrected chi connectivity index (χ1v) is 8.11. The number of benzene rings is 1. The van der Waals surface area contributed by atoms with Crippen molar-refractivity contribution in [3.8, 4) is 17.4 Å². The average Bonchev–Trinajstić information content (AvgIpc) is 2.63. The van der Waals surface area contributed by atoms with Crippen molar-refractivity contribution in [1.29, 1.82) is 0 Å². The molecular formula is C18H15F3N2O4. The van der Waals surface area contributed by atoms with E-state index in [1.54, 1.807) is 0 Å². The molecule has 0 spiro atoms. The van der Waals surface area contributed by atoms with Crippen LogP contribution in [0, 0.1) is 0 Å². The van der Waals surface area contributed by atoms with Crippen molar-refractivity contribution in [2.75, 3.05) is 13.1 Å². The van der Waals surface area contributed by atoms with E-state index in [1.807, 2.05) is 0 Å². The molecule has 1 saturated heterocycles. The van der Waals surface area contributed by atoms with Gasteiger partial charge in [-0.05, 0) is 30.3 Å². The van der Waals surface area contributed by atoms with Crippen LogP contribution < -0.4 is 9.47 Å². The van der Waals surface area contributed by atoms with Crippen LogP contribution in [0.5, 0.6) is 17.4 Å². The van der Waals surface area contributed by atoms with E-state index in [2.05, 4.69) is 4.98 Å². The molecule has 0 aliphatic carbocycles. The molecule has 2 aromatic rings. The predicted molar refractivity (Wildman–Crippen MR) is 87.6 cm³/mol. The Morgan fingerprint density at radius 2 is 1.63 bits per heavy atom. The fourth-order valence-electron chi connectivity index (χ4n) is 2.41. The fourth-order valence-corrected chi connectivity index (χ4v) is 2.41. The lowest BCUT2D eigenvalue weighted by atomic mass is 10.1. The monoisotopic (exact) mass is 380 g/mol. The number of halogens is 3. The lowest BCUT2D eigenvalue weighted by Crippen LogP contribution is -2.40. The Balaban J connectivity index is 1.57. The number of alkyl halides is 3. The third-order valence-corrected chi connectivity index (χ3v) is 3.89. The van der Waals surface area contributed by atoms with Gasteiger partial charge in [-0.1, -0.05) is 0 Å². The molecule has 6 nitrogen and oxygen atoms in total. The SMILES string of the molecule is O=C1CCN(C(=O)Oc2ccc(Oc3ccc(C(F)(F)F)cn3)cc2)CC1. The molecule has 2 heterocycles. The first-order valence-electron chi connectivity index (χ1n) is 8.11. The smallest absolute Gasteiger partial charge is 0.417 e. The number of carbonyl (C=O) groups is 2. The van der Waals surface area contributed by atoms with Gasteiger partial charge in [0, 0.05) is 38.2 Å². The molecule has 0 unspecified atom stereocenters. The molecule has 1 aromatic heterocycles. The molecule has 142 valence electrons. The number of aromatic nitrogens is 1. The standard InChI is InChI=1S/C18H15F3N2O4/c19-18(20,21)12-1-6-16(22-11-12)26-14-2-4-15(5-3-14)27-17(25)23-9-7-13(24)8-10-23/h1-6,11H,7-10H2. The summed E-state index contributed by atoms with van der Waals surface area (Å²) in [6.07, 6.45) is -3.67. The Morgan fingerprint density at radius 3 is 2.19 bits per heavy atom. The lowest BCUT2D eigenvalue weighted by molar-refractivity contribution is -0.137. The fraction of sp³-hybridized carbons (Fsp3) is 0.278. The van der Waals surface area contributed by atoms with E-state index in [0.29, 0.717) is 37.9 Å². The zero-order chi connectivity index (χ0) is 19.4. The largest absolute Gasteiger partial charge is 0.439 e. The number of piperidine rings is 1. The van der Waals surface area contributed by atoms with Crippen molar-refractivity contribution in [3.05, 3.63) is 48.2 Å². The zero-order valence-corrected chi connectivity index (χ0v) is 14.0. The average molecular weight is 380 g/mol. The first kappa shape index (κ1) is 18.7. The molecule has 27 heavy (non-hydrogen) atoms. The maximum Gasteiger partial charge on any atom is 0.417 e. The van der Waals surface area contributed by atoms with Crippen LogP contribution >= 0.6 is 0 Å². The van der Waals surface area contributed by atoms with Crippen LogP contribution in [-0.4, -0.2) is 34.8 Å². The third-order valence-electron chi connectivity index (χ3n) is 3.89. The molecule has 1 aliphatic heterocycles. The quantitative estimate of drug-likeness (QED) is 0.803. The molecule has 3 rings (SSSR count). The van der Waals surface area contributed by atoms with Crippen molar-refractivity contribution in [2.24, 2.45) is 0 Å². The number of rotatable bonds is 3. The highest BCUT2D eigenvalue weighted by molar-refractivity contribution is 5.81. The maximum atomic E-state index is 12.5. The Hall–Kier alpha value is -3.10. The molecule has 1 aromatic carbocycles. The van der Waals surface area contributed by atoms with Crippen molar-refractivity contribution >= 4 is 11.9 Å². The molecule has 0 bridgehead atoms. The summed E-state index contributed by atoms with van der Waals surface area (Å²) in [5, 5.41) is 0. The number of Topliss-reactive ketones (excluding diaryl/α,β-unsaturated/α-hetero) is 1. The van der Waals surface area contributed by atoms with Gasteiger partial charge in [0.15, 0.2) is 0 Å². The summed E-state index contributed by atoms with van der Waals surface area (Å²) in [5.74, 6) is 0.735. The Labute approximate surface area is 152 Å². The molecule has 0 N–H and O–H groups in total. The third kappa shape index (κ3) is 4.96. The summed E-state index contributed by atoms with van der Waals surface area (Å²) in [7, 11) is 0. The Morgan fingerprint density at radius 1 is 1.00 bits per heavy atom. The van der Waals surface area contributed by atoms with Crippen molar-refractivity contribution < 1.29 is 32.2 Å². The van der Waals surface area contributed by atoms with Crippen molar-refractivity contribution in [1.82, 2.24) is 9.88 Å². The van der Waals surface area contributed by atoms with Gasteiger partial charge in [-0.15, -0.1) is 0 Å². The second-order valence-electron chi connectivity index (χ2n) is 5.85. The molecule has 0 atom stereocenters. The van der Waals surface area contributed by atoms with E-state index in [1.165, 1.54) is 29.2 Å². The number of hydrogen-bond donors (Lipinski definition) is 0. The highest BCUT2D eigenvalue weighted by Gasteiger charge is 2.30. The van der Waals surface area contributed by atoms with Gasteiger partial charge in [0.1, 0.15) is 17.3 Å². The first-order chi connectivity index (χ1) is 12.8. The van der Waals surface area contributed by atoms with Gasteiger partial charge in [-0.2, -0.15) is 13.2 Å². The van der Waals surface area contributed by atoms with E-state index in [4.69, 9.17) is 9.47 Å². The molecule has 9 heteroatoms. The number of hydrogen-bond acceptors (Lipinski definition) is 5. The number of carbonyl (C=O) groups excluding carboxylic acids is 2. The second kappa shape index (κ2) is 7.65. The minimum atomic E-state index is -4.46. The minimum Gasteiger partial charge on any atom is -0.439 e. The van der Waals surface area contributed by atoms with Crippen LogP contribution in [0.2, 0.25) is 0 Å². The molecule has 1 amide bonds. The number of amides is 1. The van der Waals surface area contributed by atoms with E-state index >= 15 is 0 Å². The number of pyridine rings is 1. The molecule has 1 fully saturated rings. The molecule has 0 radical (unpaired) electrons. The van der Waals surface area contributed by atoms with E-state index < -0.39 is 17.8 Å². The van der Waals surface area contributed by atoms with Crippen molar-refractivity contribution in [2.45, 2.75) is 19.0 Å². The topological polar surface area (TPSA) is 68.7 Å². The van der Waals surface area contributed by atoms with Crippen LogP contribution in [0.15, 0.2) is 42.6 Å². The number of ether oxygens (including phenoxy) is 2. The highest BCUT2D eigenvalue weighted by Crippen LogP contribution is 2.30. The van der Waals surface area contributed by atoms with E-state index in [0.717, 1.165) is 12.1 Å². The molecule has 1 aliphatic rings. The normalized spacial score (nSPS) is 14.8. The second-order valence-corrected chi connectivity index (χ2v) is 5.85.